The average molecular weight is 467 g/mol. The van der Waals surface area contributed by atoms with Crippen molar-refractivity contribution in [3.05, 3.63) is 99.7 Å². The van der Waals surface area contributed by atoms with E-state index in [4.69, 9.17) is 16.6 Å². The second-order valence-corrected chi connectivity index (χ2v) is 8.93. The second-order valence-electron chi connectivity index (χ2n) is 8.49. The van der Waals surface area contributed by atoms with Gasteiger partial charge in [-0.2, -0.15) is 5.10 Å². The largest absolute Gasteiger partial charge is 0.358 e. The predicted molar refractivity (Wildman–Crippen MR) is 140 cm³/mol. The highest BCUT2D eigenvalue weighted by molar-refractivity contribution is 6.30. The van der Waals surface area contributed by atoms with E-state index in [1.165, 1.54) is 5.56 Å². The second kappa shape index (κ2) is 8.76. The summed E-state index contributed by atoms with van der Waals surface area (Å²) in [5, 5.41) is 6.80. The van der Waals surface area contributed by atoms with Crippen molar-refractivity contribution >= 4 is 45.5 Å². The summed E-state index contributed by atoms with van der Waals surface area (Å²) < 4.78 is 0. The molecule has 0 saturated heterocycles. The van der Waals surface area contributed by atoms with Crippen molar-refractivity contribution in [2.24, 2.45) is 5.10 Å². The van der Waals surface area contributed by atoms with E-state index < -0.39 is 0 Å². The van der Waals surface area contributed by atoms with Gasteiger partial charge < -0.3 is 4.98 Å². The fraction of sp³-hybridized carbons (Fsp3) is 0.107. The van der Waals surface area contributed by atoms with Gasteiger partial charge in [0.1, 0.15) is 0 Å². The summed E-state index contributed by atoms with van der Waals surface area (Å²) in [7, 11) is 0. The highest BCUT2D eigenvalue weighted by atomic mass is 35.5. The minimum atomic E-state index is -0.293. The number of amides is 1. The third-order valence-electron chi connectivity index (χ3n) is 5.90. The Morgan fingerprint density at radius 3 is 2.41 bits per heavy atom. The third-order valence-corrected chi connectivity index (χ3v) is 6.15. The topological polar surface area (TPSA) is 70.1 Å². The summed E-state index contributed by atoms with van der Waals surface area (Å²) in [5.41, 5.74) is 10.8. The first-order valence-electron chi connectivity index (χ1n) is 11.0. The minimum absolute atomic E-state index is 0.293. The van der Waals surface area contributed by atoms with Crippen LogP contribution in [0, 0.1) is 20.8 Å². The number of aromatic amines is 1. The molecule has 34 heavy (non-hydrogen) atoms. The van der Waals surface area contributed by atoms with E-state index >= 15 is 0 Å². The van der Waals surface area contributed by atoms with Crippen LogP contribution in [0.15, 0.2) is 71.8 Å². The van der Waals surface area contributed by atoms with Gasteiger partial charge in [-0.15, -0.1) is 0 Å². The molecule has 2 N–H and O–H groups in total. The summed E-state index contributed by atoms with van der Waals surface area (Å²) in [4.78, 5) is 21.4. The van der Waals surface area contributed by atoms with Gasteiger partial charge in [-0.3, -0.25) is 4.79 Å². The standard InChI is InChI=1S/C28H23ClN4O/c1-16-5-11-26-21(12-16)23(14-27(32-26)19-6-8-20(29)9-7-19)28(34)33-30-15-24-18(3)31-25-10-4-17(2)13-22(24)25/h4-15,31H,1-3H3,(H,33,34)/b30-15+. The van der Waals surface area contributed by atoms with Crippen molar-refractivity contribution < 1.29 is 4.79 Å². The monoisotopic (exact) mass is 466 g/mol. The summed E-state index contributed by atoms with van der Waals surface area (Å²) in [5.74, 6) is -0.293. The number of pyridine rings is 1. The lowest BCUT2D eigenvalue weighted by molar-refractivity contribution is 0.0956. The number of carbonyl (C=O) groups is 1. The molecule has 1 amide bonds. The van der Waals surface area contributed by atoms with Crippen LogP contribution in [-0.4, -0.2) is 22.1 Å². The molecule has 3 aromatic carbocycles. The van der Waals surface area contributed by atoms with Crippen LogP contribution in [0.5, 0.6) is 0 Å². The van der Waals surface area contributed by atoms with Gasteiger partial charge in [0.15, 0.2) is 0 Å². The van der Waals surface area contributed by atoms with Crippen LogP contribution in [0.25, 0.3) is 33.1 Å². The maximum absolute atomic E-state index is 13.3. The molecule has 2 heterocycles. The van der Waals surface area contributed by atoms with Gasteiger partial charge in [-0.25, -0.2) is 10.4 Å². The molecular weight excluding hydrogens is 444 g/mol. The number of nitrogens with zero attached hydrogens (tertiary/aromatic N) is 2. The average Bonchev–Trinajstić information content (AvgIpc) is 3.13. The van der Waals surface area contributed by atoms with Gasteiger partial charge in [0.05, 0.1) is 23.0 Å². The van der Waals surface area contributed by atoms with Crippen molar-refractivity contribution in [1.29, 1.82) is 0 Å². The maximum atomic E-state index is 13.3. The number of nitrogens with one attached hydrogen (secondary N) is 2. The fourth-order valence-corrected chi connectivity index (χ4v) is 4.27. The lowest BCUT2D eigenvalue weighted by Crippen LogP contribution is -2.18. The van der Waals surface area contributed by atoms with E-state index in [1.807, 2.05) is 56.3 Å². The number of hydrogen-bond acceptors (Lipinski definition) is 3. The van der Waals surface area contributed by atoms with Crippen molar-refractivity contribution in [2.45, 2.75) is 20.8 Å². The minimum Gasteiger partial charge on any atom is -0.358 e. The Kier molecular flexibility index (Phi) is 5.64. The summed E-state index contributed by atoms with van der Waals surface area (Å²) in [6.07, 6.45) is 1.69. The van der Waals surface area contributed by atoms with E-state index in [0.29, 0.717) is 16.3 Å². The number of fused-ring (bicyclic) bond motifs is 2. The molecule has 0 aliphatic carbocycles. The van der Waals surface area contributed by atoms with Crippen molar-refractivity contribution in [2.75, 3.05) is 0 Å². The fourth-order valence-electron chi connectivity index (χ4n) is 4.14. The first kappa shape index (κ1) is 21.9. The van der Waals surface area contributed by atoms with E-state index in [-0.39, 0.29) is 5.91 Å². The Balaban J connectivity index is 1.51. The molecule has 0 radical (unpaired) electrons. The molecular formula is C28H23ClN4O. The molecule has 0 atom stereocenters. The number of carbonyl (C=O) groups excluding carboxylic acids is 1. The van der Waals surface area contributed by atoms with Crippen LogP contribution in [0.2, 0.25) is 5.02 Å². The van der Waals surface area contributed by atoms with Crippen LogP contribution in [-0.2, 0) is 0 Å². The number of aryl methyl sites for hydroxylation is 3. The molecule has 0 spiro atoms. The number of aromatic nitrogens is 2. The van der Waals surface area contributed by atoms with Crippen LogP contribution in [0.3, 0.4) is 0 Å². The molecule has 0 fully saturated rings. The van der Waals surface area contributed by atoms with Crippen LogP contribution < -0.4 is 5.43 Å². The predicted octanol–water partition coefficient (Wildman–Crippen LogP) is 6.73. The van der Waals surface area contributed by atoms with E-state index in [0.717, 1.165) is 44.2 Å². The van der Waals surface area contributed by atoms with Crippen molar-refractivity contribution in [1.82, 2.24) is 15.4 Å². The van der Waals surface area contributed by atoms with Crippen LogP contribution in [0.1, 0.15) is 32.7 Å². The molecule has 0 bridgehead atoms. The summed E-state index contributed by atoms with van der Waals surface area (Å²) in [6, 6.07) is 21.3. The zero-order valence-electron chi connectivity index (χ0n) is 19.1. The van der Waals surface area contributed by atoms with Crippen molar-refractivity contribution in [3.8, 4) is 11.3 Å². The van der Waals surface area contributed by atoms with Gasteiger partial charge in [0.25, 0.3) is 5.91 Å². The molecule has 5 nitrogen and oxygen atoms in total. The van der Waals surface area contributed by atoms with Gasteiger partial charge >= 0.3 is 0 Å². The zero-order valence-corrected chi connectivity index (χ0v) is 19.9. The van der Waals surface area contributed by atoms with Crippen LogP contribution in [0.4, 0.5) is 0 Å². The maximum Gasteiger partial charge on any atom is 0.272 e. The Labute approximate surface area is 202 Å². The number of H-pyrrole nitrogens is 1. The van der Waals surface area contributed by atoms with E-state index in [9.17, 15) is 4.79 Å². The van der Waals surface area contributed by atoms with Crippen LogP contribution >= 0.6 is 11.6 Å². The number of hydrazone groups is 1. The number of hydrogen-bond donors (Lipinski definition) is 2. The van der Waals surface area contributed by atoms with Gasteiger partial charge in [0, 0.05) is 38.1 Å². The Hall–Kier alpha value is -3.96. The van der Waals surface area contributed by atoms with Gasteiger partial charge in [0.2, 0.25) is 0 Å². The highest BCUT2D eigenvalue weighted by Crippen LogP contribution is 2.27. The summed E-state index contributed by atoms with van der Waals surface area (Å²) in [6.45, 7) is 6.05. The van der Waals surface area contributed by atoms with E-state index in [1.54, 1.807) is 12.3 Å². The molecule has 0 unspecified atom stereocenters. The lowest BCUT2D eigenvalue weighted by atomic mass is 10.0. The molecule has 5 rings (SSSR count). The zero-order chi connectivity index (χ0) is 23.8. The van der Waals surface area contributed by atoms with E-state index in [2.05, 4.69) is 40.6 Å². The van der Waals surface area contributed by atoms with Gasteiger partial charge in [-0.1, -0.05) is 47.0 Å². The lowest BCUT2D eigenvalue weighted by Gasteiger charge is -2.10. The molecule has 6 heteroatoms. The number of halogens is 1. The molecule has 5 aromatic rings. The smallest absolute Gasteiger partial charge is 0.272 e. The quantitative estimate of drug-likeness (QED) is 0.228. The number of rotatable bonds is 4. The normalized spacial score (nSPS) is 11.5. The Bertz CT molecular complexity index is 1580. The molecule has 0 aliphatic heterocycles. The molecule has 168 valence electrons. The number of benzene rings is 3. The first-order chi connectivity index (χ1) is 16.4. The van der Waals surface area contributed by atoms with Gasteiger partial charge in [-0.05, 0) is 63.2 Å². The third kappa shape index (κ3) is 4.18. The van der Waals surface area contributed by atoms with Crippen molar-refractivity contribution in [3.63, 3.8) is 0 Å². The molecule has 2 aromatic heterocycles. The first-order valence-corrected chi connectivity index (χ1v) is 11.4. The Morgan fingerprint density at radius 1 is 0.941 bits per heavy atom. The molecule has 0 aliphatic rings. The molecule has 0 saturated carbocycles. The SMILES string of the molecule is Cc1ccc2nc(-c3ccc(Cl)cc3)cc(C(=O)N/N=C/c3c(C)[nH]c4ccc(C)cc34)c2c1. The summed E-state index contributed by atoms with van der Waals surface area (Å²) >= 11 is 6.05. The highest BCUT2D eigenvalue weighted by Gasteiger charge is 2.14. The Morgan fingerprint density at radius 2 is 1.65 bits per heavy atom.